The van der Waals surface area contributed by atoms with Crippen LogP contribution >= 0.6 is 0 Å². The van der Waals surface area contributed by atoms with E-state index in [9.17, 15) is 9.59 Å². The van der Waals surface area contributed by atoms with Gasteiger partial charge in [0, 0.05) is 12.2 Å². The van der Waals surface area contributed by atoms with Gasteiger partial charge in [0.05, 0.1) is 6.21 Å². The first kappa shape index (κ1) is 13.1. The Morgan fingerprint density at radius 2 is 2.12 bits per heavy atom. The molecule has 0 saturated heterocycles. The van der Waals surface area contributed by atoms with Crippen molar-refractivity contribution in [2.75, 3.05) is 6.61 Å². The lowest BCUT2D eigenvalue weighted by atomic mass is 10.1. The first-order valence-corrected chi connectivity index (χ1v) is 5.13. The van der Waals surface area contributed by atoms with Crippen molar-refractivity contribution in [2.45, 2.75) is 13.0 Å². The van der Waals surface area contributed by atoms with Gasteiger partial charge in [0.2, 0.25) is 0 Å². The minimum atomic E-state index is -0.845. The van der Waals surface area contributed by atoms with E-state index in [1.165, 1.54) is 0 Å². The second-order valence-corrected chi connectivity index (χ2v) is 3.06. The summed E-state index contributed by atoms with van der Waals surface area (Å²) in [4.78, 5) is 26.0. The Balaban J connectivity index is 2.76. The van der Waals surface area contributed by atoms with E-state index in [0.29, 0.717) is 12.2 Å². The minimum absolute atomic E-state index is 0.173. The molecule has 0 N–H and O–H groups in total. The number of benzene rings is 1. The van der Waals surface area contributed by atoms with Crippen molar-refractivity contribution < 1.29 is 19.2 Å². The van der Waals surface area contributed by atoms with Gasteiger partial charge < -0.3 is 9.57 Å². The fourth-order valence-corrected chi connectivity index (χ4v) is 1.25. The van der Waals surface area contributed by atoms with Crippen LogP contribution in [0.2, 0.25) is 0 Å². The molecule has 0 saturated carbocycles. The number of carbonyl (C=O) groups is 2. The van der Waals surface area contributed by atoms with E-state index in [2.05, 4.69) is 9.99 Å². The molecule has 0 bridgehead atoms. The fraction of sp³-hybridized carbons (Fsp3) is 0.250. The maximum absolute atomic E-state index is 12.0. The number of carbonyl (C=O) groups excluding carboxylic acids is 2. The fourth-order valence-electron chi connectivity index (χ4n) is 1.25. The summed E-state index contributed by atoms with van der Waals surface area (Å²) < 4.78 is 5.21. The first-order chi connectivity index (χ1) is 8.29. The molecular weight excluding hydrogens is 222 g/mol. The molecule has 1 unspecified atom stereocenters. The van der Waals surface area contributed by atoms with Gasteiger partial charge in [0.1, 0.15) is 0 Å². The number of nitrogens with zero attached hydrogens (tertiary/aromatic N) is 1. The highest BCUT2D eigenvalue weighted by Gasteiger charge is 2.18. The van der Waals surface area contributed by atoms with Crippen LogP contribution in [0, 0.1) is 0 Å². The largest absolute Gasteiger partial charge is 0.364 e. The second kappa shape index (κ2) is 7.29. The second-order valence-electron chi connectivity index (χ2n) is 3.06. The molecule has 17 heavy (non-hydrogen) atoms. The average Bonchev–Trinajstić information content (AvgIpc) is 2.38. The third-order valence-corrected chi connectivity index (χ3v) is 1.96. The Hall–Kier alpha value is -2.01. The summed E-state index contributed by atoms with van der Waals surface area (Å²) in [6, 6.07) is 8.70. The van der Waals surface area contributed by atoms with Crippen molar-refractivity contribution in [2.24, 2.45) is 5.16 Å². The van der Waals surface area contributed by atoms with Gasteiger partial charge in [-0.2, -0.15) is 0 Å². The summed E-state index contributed by atoms with van der Waals surface area (Å²) >= 11 is 0. The van der Waals surface area contributed by atoms with Crippen LogP contribution in [-0.4, -0.2) is 31.2 Å². The Bertz CT molecular complexity index is 389. The molecule has 0 aliphatic rings. The first-order valence-electron chi connectivity index (χ1n) is 5.13. The molecule has 5 nitrogen and oxygen atoms in total. The van der Waals surface area contributed by atoms with E-state index in [1.807, 2.05) is 6.07 Å². The highest BCUT2D eigenvalue weighted by Crippen LogP contribution is 2.05. The Labute approximate surface area is 99.0 Å². The van der Waals surface area contributed by atoms with Gasteiger partial charge in [-0.1, -0.05) is 35.5 Å². The molecule has 1 aromatic rings. The van der Waals surface area contributed by atoms with E-state index < -0.39 is 6.10 Å². The molecular formula is C12H13NO4. The summed E-state index contributed by atoms with van der Waals surface area (Å²) in [5.74, 6) is -0.231. The summed E-state index contributed by atoms with van der Waals surface area (Å²) in [6.07, 6.45) is 0.315. The summed E-state index contributed by atoms with van der Waals surface area (Å²) in [6.45, 7) is 2.29. The standard InChI is InChI=1S/C12H13NO4/c1-2-16-11(8-13-17-9-14)12(15)10-6-4-3-5-7-10/h3-9,11H,2H2,1H3. The third kappa shape index (κ3) is 4.16. The molecule has 1 aromatic carbocycles. The zero-order valence-corrected chi connectivity index (χ0v) is 9.41. The molecule has 0 amide bonds. The molecule has 0 radical (unpaired) electrons. The van der Waals surface area contributed by atoms with E-state index in [1.54, 1.807) is 31.2 Å². The molecule has 0 aliphatic heterocycles. The normalized spacial score (nSPS) is 12.3. The van der Waals surface area contributed by atoms with Crippen molar-refractivity contribution in [3.8, 4) is 0 Å². The zero-order valence-electron chi connectivity index (χ0n) is 9.41. The molecule has 0 aromatic heterocycles. The average molecular weight is 235 g/mol. The van der Waals surface area contributed by atoms with Gasteiger partial charge in [0.25, 0.3) is 0 Å². The number of Topliss-reactive ketones (excluding diaryl/α,β-unsaturated/α-hetero) is 1. The van der Waals surface area contributed by atoms with Crippen molar-refractivity contribution in [3.05, 3.63) is 35.9 Å². The van der Waals surface area contributed by atoms with E-state index >= 15 is 0 Å². The maximum atomic E-state index is 12.0. The van der Waals surface area contributed by atoms with Crippen molar-refractivity contribution in [1.82, 2.24) is 0 Å². The van der Waals surface area contributed by atoms with Crippen LogP contribution in [0.1, 0.15) is 17.3 Å². The van der Waals surface area contributed by atoms with Crippen LogP contribution in [0.3, 0.4) is 0 Å². The third-order valence-electron chi connectivity index (χ3n) is 1.96. The summed E-state index contributed by atoms with van der Waals surface area (Å²) in [5, 5.41) is 3.32. The van der Waals surface area contributed by atoms with Crippen molar-refractivity contribution in [3.63, 3.8) is 0 Å². The molecule has 5 heteroatoms. The Morgan fingerprint density at radius 1 is 1.41 bits per heavy atom. The van der Waals surface area contributed by atoms with Gasteiger partial charge in [-0.15, -0.1) is 0 Å². The van der Waals surface area contributed by atoms with Crippen LogP contribution < -0.4 is 0 Å². The molecule has 0 spiro atoms. The van der Waals surface area contributed by atoms with Crippen LogP contribution in [0.4, 0.5) is 0 Å². The SMILES string of the molecule is CCOC(C=NOC=O)C(=O)c1ccccc1. The predicted molar refractivity (Wildman–Crippen MR) is 61.8 cm³/mol. The van der Waals surface area contributed by atoms with Gasteiger partial charge in [-0.3, -0.25) is 9.59 Å². The smallest absolute Gasteiger partial charge is 0.323 e. The van der Waals surface area contributed by atoms with E-state index in [0.717, 1.165) is 6.21 Å². The van der Waals surface area contributed by atoms with Gasteiger partial charge in [-0.05, 0) is 6.92 Å². The lowest BCUT2D eigenvalue weighted by Crippen LogP contribution is -2.26. The van der Waals surface area contributed by atoms with E-state index in [-0.39, 0.29) is 12.3 Å². The minimum Gasteiger partial charge on any atom is -0.364 e. The lowest BCUT2D eigenvalue weighted by molar-refractivity contribution is -0.128. The quantitative estimate of drug-likeness (QED) is 0.236. The van der Waals surface area contributed by atoms with Gasteiger partial charge in [-0.25, -0.2) is 0 Å². The molecule has 0 fully saturated rings. The van der Waals surface area contributed by atoms with Gasteiger partial charge >= 0.3 is 6.47 Å². The van der Waals surface area contributed by atoms with E-state index in [4.69, 9.17) is 4.74 Å². The number of ketones is 1. The topological polar surface area (TPSA) is 65.0 Å². The number of ether oxygens (including phenoxy) is 1. The molecule has 0 aliphatic carbocycles. The maximum Gasteiger partial charge on any atom is 0.323 e. The Kier molecular flexibility index (Phi) is 5.60. The van der Waals surface area contributed by atoms with Crippen molar-refractivity contribution >= 4 is 18.5 Å². The lowest BCUT2D eigenvalue weighted by Gasteiger charge is -2.10. The monoisotopic (exact) mass is 235 g/mol. The highest BCUT2D eigenvalue weighted by atomic mass is 16.7. The van der Waals surface area contributed by atoms with Gasteiger partial charge in [0.15, 0.2) is 11.9 Å². The number of hydrogen-bond acceptors (Lipinski definition) is 5. The van der Waals surface area contributed by atoms with Crippen LogP contribution in [0.25, 0.3) is 0 Å². The summed E-state index contributed by atoms with van der Waals surface area (Å²) in [5.41, 5.74) is 0.517. The number of rotatable bonds is 7. The summed E-state index contributed by atoms with van der Waals surface area (Å²) in [7, 11) is 0. The van der Waals surface area contributed by atoms with Crippen LogP contribution in [0.5, 0.6) is 0 Å². The van der Waals surface area contributed by atoms with Crippen LogP contribution in [0.15, 0.2) is 35.5 Å². The Morgan fingerprint density at radius 3 is 2.71 bits per heavy atom. The number of hydrogen-bond donors (Lipinski definition) is 0. The van der Waals surface area contributed by atoms with Crippen LogP contribution in [-0.2, 0) is 14.4 Å². The highest BCUT2D eigenvalue weighted by molar-refractivity contribution is 6.08. The molecule has 1 rings (SSSR count). The van der Waals surface area contributed by atoms with Crippen molar-refractivity contribution in [1.29, 1.82) is 0 Å². The molecule has 0 heterocycles. The molecule has 1 atom stereocenters. The zero-order chi connectivity index (χ0) is 12.5. The number of oxime groups is 1. The predicted octanol–water partition coefficient (Wildman–Crippen LogP) is 1.43. The molecule has 90 valence electrons.